The molecule has 0 amide bonds. The first kappa shape index (κ1) is 14.2. The molecule has 0 aromatic carbocycles. The fourth-order valence-electron chi connectivity index (χ4n) is 1.69. The highest BCUT2D eigenvalue weighted by atomic mass is 16.7. The van der Waals surface area contributed by atoms with E-state index in [1.54, 1.807) is 0 Å². The van der Waals surface area contributed by atoms with E-state index in [0.717, 1.165) is 12.8 Å². The molecule has 0 bridgehead atoms. The molecular formula is C15H24O2. The summed E-state index contributed by atoms with van der Waals surface area (Å²) in [7, 11) is 0. The summed E-state index contributed by atoms with van der Waals surface area (Å²) >= 11 is 0. The van der Waals surface area contributed by atoms with Crippen LogP contribution in [0.4, 0.5) is 0 Å². The summed E-state index contributed by atoms with van der Waals surface area (Å²) in [6.45, 7) is 9.74. The molecule has 0 unspecified atom stereocenters. The lowest BCUT2D eigenvalue weighted by Crippen LogP contribution is -2.21. The lowest BCUT2D eigenvalue weighted by Gasteiger charge is -2.16. The van der Waals surface area contributed by atoms with Crippen molar-refractivity contribution in [1.82, 2.24) is 0 Å². The predicted molar refractivity (Wildman–Crippen MR) is 71.9 cm³/mol. The molecule has 1 rings (SSSR count). The Labute approximate surface area is 105 Å². The summed E-state index contributed by atoms with van der Waals surface area (Å²) < 4.78 is 11.0. The van der Waals surface area contributed by atoms with Gasteiger partial charge in [0.25, 0.3) is 0 Å². The molecule has 1 saturated heterocycles. The molecule has 0 aromatic rings. The van der Waals surface area contributed by atoms with Gasteiger partial charge in [-0.3, -0.25) is 0 Å². The van der Waals surface area contributed by atoms with Crippen LogP contribution in [0.15, 0.2) is 35.5 Å². The fraction of sp³-hybridized carbons (Fsp3) is 0.600. The normalized spacial score (nSPS) is 19.9. The quantitative estimate of drug-likeness (QED) is 0.530. The number of hydrogen-bond donors (Lipinski definition) is 0. The van der Waals surface area contributed by atoms with Crippen LogP contribution in [0.3, 0.4) is 0 Å². The molecule has 0 spiro atoms. The van der Waals surface area contributed by atoms with Crippen molar-refractivity contribution in [3.63, 3.8) is 0 Å². The second kappa shape index (κ2) is 6.77. The van der Waals surface area contributed by atoms with Gasteiger partial charge in [0.15, 0.2) is 5.79 Å². The van der Waals surface area contributed by atoms with Crippen molar-refractivity contribution in [2.24, 2.45) is 0 Å². The second-order valence-electron chi connectivity index (χ2n) is 4.91. The maximum Gasteiger partial charge on any atom is 0.185 e. The van der Waals surface area contributed by atoms with E-state index in [4.69, 9.17) is 9.47 Å². The standard InChI is InChI=1S/C15H24O2/c1-13(2)7-5-8-14(3)9-6-10-15(4)16-11-12-17-15/h6-7,9-10H,5,8,11-12H2,1-4H3/b10-6+,14-9+. The van der Waals surface area contributed by atoms with E-state index in [2.05, 4.69) is 32.9 Å². The van der Waals surface area contributed by atoms with Crippen LogP contribution in [0.25, 0.3) is 0 Å². The minimum atomic E-state index is -0.517. The monoisotopic (exact) mass is 236 g/mol. The molecule has 96 valence electrons. The molecule has 1 fully saturated rings. The van der Waals surface area contributed by atoms with Crippen molar-refractivity contribution >= 4 is 0 Å². The van der Waals surface area contributed by atoms with E-state index in [1.165, 1.54) is 11.1 Å². The van der Waals surface area contributed by atoms with Gasteiger partial charge in [0.1, 0.15) is 0 Å². The van der Waals surface area contributed by atoms with Gasteiger partial charge in [0, 0.05) is 0 Å². The Kier molecular flexibility index (Phi) is 5.66. The lowest BCUT2D eigenvalue weighted by molar-refractivity contribution is -0.0996. The molecule has 17 heavy (non-hydrogen) atoms. The van der Waals surface area contributed by atoms with Gasteiger partial charge in [-0.1, -0.05) is 29.4 Å². The molecule has 1 aliphatic rings. The van der Waals surface area contributed by atoms with Crippen molar-refractivity contribution in [2.45, 2.75) is 46.3 Å². The average Bonchev–Trinajstić information content (AvgIpc) is 2.65. The minimum absolute atomic E-state index is 0.517. The van der Waals surface area contributed by atoms with Gasteiger partial charge in [-0.15, -0.1) is 0 Å². The SMILES string of the molecule is CC(C)=CCC/C(C)=C/C=C/C1(C)OCCO1. The zero-order valence-corrected chi connectivity index (χ0v) is 11.5. The molecular weight excluding hydrogens is 212 g/mol. The summed E-state index contributed by atoms with van der Waals surface area (Å²) in [5.74, 6) is -0.517. The van der Waals surface area contributed by atoms with Crippen LogP contribution < -0.4 is 0 Å². The van der Waals surface area contributed by atoms with E-state index in [9.17, 15) is 0 Å². The van der Waals surface area contributed by atoms with Gasteiger partial charge in [0.2, 0.25) is 0 Å². The predicted octanol–water partition coefficient (Wildman–Crippen LogP) is 4.00. The van der Waals surface area contributed by atoms with E-state index in [1.807, 2.05) is 19.1 Å². The van der Waals surface area contributed by atoms with Gasteiger partial charge in [-0.2, -0.15) is 0 Å². The Morgan fingerprint density at radius 1 is 1.18 bits per heavy atom. The topological polar surface area (TPSA) is 18.5 Å². The van der Waals surface area contributed by atoms with Crippen molar-refractivity contribution < 1.29 is 9.47 Å². The molecule has 0 aliphatic carbocycles. The average molecular weight is 236 g/mol. The van der Waals surface area contributed by atoms with E-state index in [-0.39, 0.29) is 0 Å². The third kappa shape index (κ3) is 5.85. The van der Waals surface area contributed by atoms with Crippen LogP contribution in [0.1, 0.15) is 40.5 Å². The minimum Gasteiger partial charge on any atom is -0.344 e. The molecule has 2 heteroatoms. The Balaban J connectivity index is 2.36. The van der Waals surface area contributed by atoms with Gasteiger partial charge in [-0.05, 0) is 46.6 Å². The largest absolute Gasteiger partial charge is 0.344 e. The van der Waals surface area contributed by atoms with Crippen LogP contribution in [-0.2, 0) is 9.47 Å². The summed E-state index contributed by atoms with van der Waals surface area (Å²) in [5.41, 5.74) is 2.76. The second-order valence-corrected chi connectivity index (χ2v) is 4.91. The molecule has 1 heterocycles. The molecule has 2 nitrogen and oxygen atoms in total. The Morgan fingerprint density at radius 3 is 2.41 bits per heavy atom. The molecule has 0 atom stereocenters. The summed E-state index contributed by atoms with van der Waals surface area (Å²) in [5, 5.41) is 0. The van der Waals surface area contributed by atoms with Crippen LogP contribution in [0, 0.1) is 0 Å². The number of allylic oxidation sites excluding steroid dienone is 5. The molecule has 0 N–H and O–H groups in total. The van der Waals surface area contributed by atoms with E-state index in [0.29, 0.717) is 13.2 Å². The first-order valence-electron chi connectivity index (χ1n) is 6.28. The third-order valence-corrected chi connectivity index (χ3v) is 2.73. The van der Waals surface area contributed by atoms with Gasteiger partial charge in [0.05, 0.1) is 13.2 Å². The van der Waals surface area contributed by atoms with Crippen molar-refractivity contribution in [3.8, 4) is 0 Å². The van der Waals surface area contributed by atoms with E-state index < -0.39 is 5.79 Å². The van der Waals surface area contributed by atoms with E-state index >= 15 is 0 Å². The van der Waals surface area contributed by atoms with Crippen LogP contribution in [0.5, 0.6) is 0 Å². The number of hydrogen-bond acceptors (Lipinski definition) is 2. The number of rotatable bonds is 5. The highest BCUT2D eigenvalue weighted by Crippen LogP contribution is 2.20. The fourth-order valence-corrected chi connectivity index (χ4v) is 1.69. The smallest absolute Gasteiger partial charge is 0.185 e. The summed E-state index contributed by atoms with van der Waals surface area (Å²) in [6, 6.07) is 0. The first-order valence-corrected chi connectivity index (χ1v) is 6.28. The molecule has 0 aromatic heterocycles. The first-order chi connectivity index (χ1) is 8.02. The Bertz CT molecular complexity index is 314. The summed E-state index contributed by atoms with van der Waals surface area (Å²) in [4.78, 5) is 0. The van der Waals surface area contributed by atoms with Crippen molar-refractivity contribution in [1.29, 1.82) is 0 Å². The highest BCUT2D eigenvalue weighted by Gasteiger charge is 2.26. The zero-order chi connectivity index (χ0) is 12.7. The maximum absolute atomic E-state index is 5.49. The Hall–Kier alpha value is -0.860. The number of ether oxygens (including phenoxy) is 2. The maximum atomic E-state index is 5.49. The van der Waals surface area contributed by atoms with Crippen LogP contribution in [-0.4, -0.2) is 19.0 Å². The molecule has 0 radical (unpaired) electrons. The van der Waals surface area contributed by atoms with Crippen molar-refractivity contribution in [3.05, 3.63) is 35.5 Å². The van der Waals surface area contributed by atoms with Crippen LogP contribution in [0.2, 0.25) is 0 Å². The van der Waals surface area contributed by atoms with Gasteiger partial charge in [-0.25, -0.2) is 0 Å². The highest BCUT2D eigenvalue weighted by molar-refractivity contribution is 5.14. The Morgan fingerprint density at radius 2 is 1.82 bits per heavy atom. The summed E-state index contributed by atoms with van der Waals surface area (Å²) in [6.07, 6.45) is 10.6. The van der Waals surface area contributed by atoms with Gasteiger partial charge < -0.3 is 9.47 Å². The zero-order valence-electron chi connectivity index (χ0n) is 11.5. The van der Waals surface area contributed by atoms with Crippen LogP contribution >= 0.6 is 0 Å². The third-order valence-electron chi connectivity index (χ3n) is 2.73. The van der Waals surface area contributed by atoms with Gasteiger partial charge >= 0.3 is 0 Å². The van der Waals surface area contributed by atoms with Crippen molar-refractivity contribution in [2.75, 3.05) is 13.2 Å². The lowest BCUT2D eigenvalue weighted by atomic mass is 10.1. The molecule has 0 saturated carbocycles. The molecule has 1 aliphatic heterocycles.